The number of morpholine rings is 1. The van der Waals surface area contributed by atoms with E-state index in [2.05, 4.69) is 0 Å². The van der Waals surface area contributed by atoms with Gasteiger partial charge in [0.15, 0.2) is 6.61 Å². The number of sulfonamides is 1. The molecule has 162 valence electrons. The van der Waals surface area contributed by atoms with E-state index in [1.54, 1.807) is 6.07 Å². The van der Waals surface area contributed by atoms with E-state index in [-0.39, 0.29) is 41.5 Å². The van der Waals surface area contributed by atoms with Crippen LogP contribution in [0.5, 0.6) is 0 Å². The number of carbonyl (C=O) groups excluding carboxylic acids is 2. The molecule has 1 aliphatic rings. The van der Waals surface area contributed by atoms with Gasteiger partial charge >= 0.3 is 5.97 Å². The van der Waals surface area contributed by atoms with Gasteiger partial charge in [-0.2, -0.15) is 4.31 Å². The first-order valence-corrected chi connectivity index (χ1v) is 11.9. The number of ketones is 1. The molecule has 1 fully saturated rings. The molecule has 9 heteroatoms. The average molecular weight is 452 g/mol. The molecule has 3 rings (SSSR count). The van der Waals surface area contributed by atoms with Crippen LogP contribution in [0.15, 0.2) is 35.2 Å². The molecule has 0 saturated carbocycles. The second-order valence-electron chi connectivity index (χ2n) is 7.43. The summed E-state index contributed by atoms with van der Waals surface area (Å²) in [5.41, 5.74) is 0.619. The highest BCUT2D eigenvalue weighted by atomic mass is 32.2. The summed E-state index contributed by atoms with van der Waals surface area (Å²) in [6, 6.07) is 7.46. The van der Waals surface area contributed by atoms with Crippen LogP contribution in [0, 0.1) is 13.8 Å². The van der Waals surface area contributed by atoms with E-state index in [9.17, 15) is 18.0 Å². The third-order valence-electron chi connectivity index (χ3n) is 4.77. The number of hydrogen-bond donors (Lipinski definition) is 0. The first kappa shape index (κ1) is 22.6. The zero-order valence-corrected chi connectivity index (χ0v) is 19.0. The second-order valence-corrected chi connectivity index (χ2v) is 10.8. The Balaban J connectivity index is 1.72. The lowest BCUT2D eigenvalue weighted by Crippen LogP contribution is -2.48. The van der Waals surface area contributed by atoms with Crippen LogP contribution >= 0.6 is 11.3 Å². The van der Waals surface area contributed by atoms with Crippen molar-refractivity contribution in [2.75, 3.05) is 19.7 Å². The summed E-state index contributed by atoms with van der Waals surface area (Å²) in [5, 5.41) is 0. The molecule has 2 heterocycles. The van der Waals surface area contributed by atoms with Gasteiger partial charge in [-0.3, -0.25) is 4.79 Å². The smallest absolute Gasteiger partial charge is 0.338 e. The first-order chi connectivity index (χ1) is 14.1. The minimum Gasteiger partial charge on any atom is -0.454 e. The van der Waals surface area contributed by atoms with Crippen LogP contribution in [0.4, 0.5) is 0 Å². The average Bonchev–Trinajstić information content (AvgIpc) is 3.03. The van der Waals surface area contributed by atoms with Crippen molar-refractivity contribution in [1.82, 2.24) is 4.31 Å². The normalized spacial score (nSPS) is 20.1. The molecule has 2 atom stereocenters. The fourth-order valence-electron chi connectivity index (χ4n) is 3.46. The number of hydrogen-bond acceptors (Lipinski definition) is 7. The Labute approximate surface area is 180 Å². The predicted molar refractivity (Wildman–Crippen MR) is 114 cm³/mol. The molecular weight excluding hydrogens is 426 g/mol. The van der Waals surface area contributed by atoms with E-state index in [4.69, 9.17) is 9.47 Å². The van der Waals surface area contributed by atoms with Crippen LogP contribution in [0.1, 0.15) is 44.3 Å². The van der Waals surface area contributed by atoms with E-state index in [0.29, 0.717) is 5.56 Å². The van der Waals surface area contributed by atoms with Crippen molar-refractivity contribution in [3.8, 4) is 0 Å². The summed E-state index contributed by atoms with van der Waals surface area (Å²) in [6.45, 7) is 7.48. The van der Waals surface area contributed by atoms with Gasteiger partial charge < -0.3 is 9.47 Å². The predicted octanol–water partition coefficient (Wildman–Crippen LogP) is 3.20. The fourth-order valence-corrected chi connectivity index (χ4v) is 6.04. The highest BCUT2D eigenvalue weighted by molar-refractivity contribution is 7.89. The largest absolute Gasteiger partial charge is 0.454 e. The number of carbonyl (C=O) groups is 2. The maximum atomic E-state index is 13.0. The van der Waals surface area contributed by atoms with Gasteiger partial charge in [0, 0.05) is 28.4 Å². The molecular formula is C21H25NO6S2. The maximum absolute atomic E-state index is 13.0. The van der Waals surface area contributed by atoms with Crippen LogP contribution in [0.2, 0.25) is 0 Å². The summed E-state index contributed by atoms with van der Waals surface area (Å²) in [6.07, 6.45) is -0.432. The Bertz CT molecular complexity index is 1050. The van der Waals surface area contributed by atoms with E-state index < -0.39 is 22.6 Å². The van der Waals surface area contributed by atoms with Crippen LogP contribution in [-0.2, 0) is 19.5 Å². The third kappa shape index (κ3) is 4.97. The third-order valence-corrected chi connectivity index (χ3v) is 7.56. The maximum Gasteiger partial charge on any atom is 0.338 e. The Kier molecular flexibility index (Phi) is 6.76. The molecule has 1 aromatic carbocycles. The number of rotatable bonds is 6. The van der Waals surface area contributed by atoms with Gasteiger partial charge in [0.2, 0.25) is 15.8 Å². The summed E-state index contributed by atoms with van der Waals surface area (Å²) in [4.78, 5) is 26.6. The molecule has 30 heavy (non-hydrogen) atoms. The lowest BCUT2D eigenvalue weighted by molar-refractivity contribution is -0.0440. The highest BCUT2D eigenvalue weighted by Gasteiger charge is 2.32. The Morgan fingerprint density at radius 3 is 2.43 bits per heavy atom. The van der Waals surface area contributed by atoms with Crippen molar-refractivity contribution < 1.29 is 27.5 Å². The Morgan fingerprint density at radius 1 is 1.17 bits per heavy atom. The molecule has 0 spiro atoms. The van der Waals surface area contributed by atoms with E-state index in [0.717, 1.165) is 9.75 Å². The van der Waals surface area contributed by atoms with Gasteiger partial charge in [0.1, 0.15) is 0 Å². The fraction of sp³-hybridized carbons (Fsp3) is 0.429. The Morgan fingerprint density at radius 2 is 1.83 bits per heavy atom. The molecule has 2 aromatic rings. The van der Waals surface area contributed by atoms with Gasteiger partial charge in [-0.05, 0) is 52.0 Å². The molecule has 1 aliphatic heterocycles. The molecule has 0 bridgehead atoms. The number of esters is 1. The standard InChI is InChI=1S/C21H25NO6S2/c1-13-10-22(11-14(2)28-13)30(25,26)18-7-5-6-17(9-18)21(24)27-12-20(23)19-8-15(3)29-16(19)4/h5-9,13-14H,10-12H2,1-4H3. The van der Waals surface area contributed by atoms with Crippen LogP contribution in [0.3, 0.4) is 0 Å². The number of benzene rings is 1. The van der Waals surface area contributed by atoms with Crippen LogP contribution in [-0.4, -0.2) is 56.4 Å². The highest BCUT2D eigenvalue weighted by Crippen LogP contribution is 2.23. The molecule has 0 amide bonds. The Hall–Kier alpha value is -2.07. The summed E-state index contributed by atoms with van der Waals surface area (Å²) >= 11 is 1.51. The minimum atomic E-state index is -3.78. The van der Waals surface area contributed by atoms with E-state index in [1.165, 1.54) is 39.9 Å². The van der Waals surface area contributed by atoms with Gasteiger partial charge in [-0.15, -0.1) is 11.3 Å². The van der Waals surface area contributed by atoms with Crippen molar-refractivity contribution in [2.24, 2.45) is 0 Å². The molecule has 0 N–H and O–H groups in total. The summed E-state index contributed by atoms with van der Waals surface area (Å²) < 4.78 is 38.1. The number of nitrogens with zero attached hydrogens (tertiary/aromatic N) is 1. The van der Waals surface area contributed by atoms with Gasteiger partial charge in [0.05, 0.1) is 22.7 Å². The quantitative estimate of drug-likeness (QED) is 0.495. The molecule has 0 radical (unpaired) electrons. The number of thiophene rings is 1. The second kappa shape index (κ2) is 8.97. The van der Waals surface area contributed by atoms with E-state index >= 15 is 0 Å². The van der Waals surface area contributed by atoms with Crippen molar-refractivity contribution in [3.05, 3.63) is 51.2 Å². The number of ether oxygens (including phenoxy) is 2. The van der Waals surface area contributed by atoms with Crippen molar-refractivity contribution in [1.29, 1.82) is 0 Å². The molecule has 0 aliphatic carbocycles. The molecule has 7 nitrogen and oxygen atoms in total. The van der Waals surface area contributed by atoms with Gasteiger partial charge in [-0.25, -0.2) is 13.2 Å². The minimum absolute atomic E-state index is 0.00822. The summed E-state index contributed by atoms with van der Waals surface area (Å²) in [5.74, 6) is -1.03. The van der Waals surface area contributed by atoms with E-state index in [1.807, 2.05) is 27.7 Å². The summed E-state index contributed by atoms with van der Waals surface area (Å²) in [7, 11) is -3.78. The number of Topliss-reactive ketones (excluding diaryl/α,β-unsaturated/α-hetero) is 1. The SMILES string of the molecule is Cc1cc(C(=O)COC(=O)c2cccc(S(=O)(=O)N3CC(C)OC(C)C3)c2)c(C)s1. The molecule has 2 unspecified atom stereocenters. The molecule has 1 saturated heterocycles. The zero-order chi connectivity index (χ0) is 22.1. The topological polar surface area (TPSA) is 90.0 Å². The monoisotopic (exact) mass is 451 g/mol. The van der Waals surface area contributed by atoms with Crippen molar-refractivity contribution in [3.63, 3.8) is 0 Å². The number of aryl methyl sites for hydroxylation is 2. The van der Waals surface area contributed by atoms with Crippen LogP contribution in [0.25, 0.3) is 0 Å². The van der Waals surface area contributed by atoms with Gasteiger partial charge in [-0.1, -0.05) is 6.07 Å². The zero-order valence-electron chi connectivity index (χ0n) is 17.4. The lowest BCUT2D eigenvalue weighted by Gasteiger charge is -2.34. The first-order valence-electron chi connectivity index (χ1n) is 9.61. The van der Waals surface area contributed by atoms with Gasteiger partial charge in [0.25, 0.3) is 0 Å². The molecule has 1 aromatic heterocycles. The van der Waals surface area contributed by atoms with Crippen LogP contribution < -0.4 is 0 Å². The van der Waals surface area contributed by atoms with Crippen molar-refractivity contribution in [2.45, 2.75) is 44.8 Å². The lowest BCUT2D eigenvalue weighted by atomic mass is 10.2. The van der Waals surface area contributed by atoms with Crippen molar-refractivity contribution >= 4 is 33.1 Å².